The fraction of sp³-hybridized carbons (Fsp3) is 0.909. The molecule has 1 aliphatic rings. The zero-order valence-corrected chi connectivity index (χ0v) is 9.95. The number of amides is 1. The molecule has 4 nitrogen and oxygen atoms in total. The van der Waals surface area contributed by atoms with Crippen LogP contribution >= 0.6 is 0 Å². The molecule has 0 saturated carbocycles. The summed E-state index contributed by atoms with van der Waals surface area (Å²) in [6.45, 7) is 7.06. The Balaban J connectivity index is 2.50. The van der Waals surface area contributed by atoms with Crippen molar-refractivity contribution < 1.29 is 9.53 Å². The van der Waals surface area contributed by atoms with E-state index < -0.39 is 0 Å². The van der Waals surface area contributed by atoms with Gasteiger partial charge in [-0.3, -0.25) is 4.79 Å². The van der Waals surface area contributed by atoms with E-state index in [1.165, 1.54) is 0 Å². The maximum absolute atomic E-state index is 12.0. The van der Waals surface area contributed by atoms with Crippen LogP contribution in [0, 0.1) is 5.92 Å². The fourth-order valence-electron chi connectivity index (χ4n) is 1.99. The van der Waals surface area contributed by atoms with Crippen LogP contribution in [0.5, 0.6) is 0 Å². The predicted octanol–water partition coefficient (Wildman–Crippen LogP) is 0.479. The highest BCUT2D eigenvalue weighted by molar-refractivity contribution is 5.79. The maximum atomic E-state index is 12.0. The zero-order chi connectivity index (χ0) is 11.3. The monoisotopic (exact) mass is 214 g/mol. The molecule has 2 unspecified atom stereocenters. The molecular weight excluding hydrogens is 192 g/mol. The van der Waals surface area contributed by atoms with Gasteiger partial charge in [-0.1, -0.05) is 13.8 Å². The van der Waals surface area contributed by atoms with Crippen molar-refractivity contribution in [1.82, 2.24) is 10.2 Å². The number of hydrogen-bond acceptors (Lipinski definition) is 3. The first-order valence-corrected chi connectivity index (χ1v) is 5.76. The van der Waals surface area contributed by atoms with E-state index >= 15 is 0 Å². The first-order chi connectivity index (χ1) is 7.20. The average Bonchev–Trinajstić information content (AvgIpc) is 2.66. The first-order valence-electron chi connectivity index (χ1n) is 5.76. The largest absolute Gasteiger partial charge is 0.379 e. The molecule has 0 spiro atoms. The van der Waals surface area contributed by atoms with Gasteiger partial charge in [0.05, 0.1) is 19.1 Å². The van der Waals surface area contributed by atoms with Crippen LogP contribution in [-0.4, -0.2) is 50.2 Å². The van der Waals surface area contributed by atoms with E-state index in [2.05, 4.69) is 19.2 Å². The lowest BCUT2D eigenvalue weighted by Gasteiger charge is -2.23. The van der Waals surface area contributed by atoms with E-state index in [1.54, 1.807) is 0 Å². The van der Waals surface area contributed by atoms with E-state index in [0.717, 1.165) is 19.5 Å². The van der Waals surface area contributed by atoms with Crippen molar-refractivity contribution in [3.8, 4) is 0 Å². The molecule has 1 saturated heterocycles. The summed E-state index contributed by atoms with van der Waals surface area (Å²) in [4.78, 5) is 13.8. The summed E-state index contributed by atoms with van der Waals surface area (Å²) in [7, 11) is 1.87. The highest BCUT2D eigenvalue weighted by Gasteiger charge is 2.34. The Morgan fingerprint density at radius 1 is 1.47 bits per heavy atom. The van der Waals surface area contributed by atoms with Crippen molar-refractivity contribution in [1.29, 1.82) is 0 Å². The third-order valence-electron chi connectivity index (χ3n) is 2.80. The second-order valence-corrected chi connectivity index (χ2v) is 4.07. The zero-order valence-electron chi connectivity index (χ0n) is 9.95. The van der Waals surface area contributed by atoms with Crippen molar-refractivity contribution in [3.63, 3.8) is 0 Å². The number of hydrogen-bond donors (Lipinski definition) is 1. The van der Waals surface area contributed by atoms with Gasteiger partial charge in [0.15, 0.2) is 0 Å². The van der Waals surface area contributed by atoms with Gasteiger partial charge in [0.2, 0.25) is 5.91 Å². The van der Waals surface area contributed by atoms with Crippen LogP contribution in [0.3, 0.4) is 0 Å². The molecule has 0 bridgehead atoms. The molecule has 1 rings (SSSR count). The molecule has 0 radical (unpaired) electrons. The Morgan fingerprint density at radius 2 is 2.20 bits per heavy atom. The summed E-state index contributed by atoms with van der Waals surface area (Å²) in [5.74, 6) is 0.210. The number of nitrogens with zero attached hydrogens (tertiary/aromatic N) is 1. The van der Waals surface area contributed by atoms with E-state index in [9.17, 15) is 4.79 Å². The molecule has 2 atom stereocenters. The van der Waals surface area contributed by atoms with Gasteiger partial charge in [-0.05, 0) is 13.0 Å². The van der Waals surface area contributed by atoms with Crippen molar-refractivity contribution in [3.05, 3.63) is 0 Å². The van der Waals surface area contributed by atoms with Gasteiger partial charge in [-0.25, -0.2) is 0 Å². The van der Waals surface area contributed by atoms with Crippen molar-refractivity contribution in [2.75, 3.05) is 33.4 Å². The normalized spacial score (nSPS) is 25.5. The summed E-state index contributed by atoms with van der Waals surface area (Å²) < 4.78 is 5.36. The molecule has 1 heterocycles. The third kappa shape index (κ3) is 3.18. The van der Waals surface area contributed by atoms with Crippen LogP contribution in [-0.2, 0) is 9.53 Å². The molecular formula is C11H22N2O2. The molecule has 4 heteroatoms. The average molecular weight is 214 g/mol. The second-order valence-electron chi connectivity index (χ2n) is 4.07. The molecule has 0 aromatic heterocycles. The van der Waals surface area contributed by atoms with Gasteiger partial charge in [0, 0.05) is 19.6 Å². The molecule has 0 aromatic rings. The smallest absolute Gasteiger partial charge is 0.229 e. The minimum absolute atomic E-state index is 0.00139. The Labute approximate surface area is 92.0 Å². The lowest BCUT2D eigenvalue weighted by molar-refractivity contribution is -0.134. The van der Waals surface area contributed by atoms with E-state index in [1.807, 2.05) is 11.9 Å². The van der Waals surface area contributed by atoms with Crippen LogP contribution in [0.15, 0.2) is 0 Å². The fourth-order valence-corrected chi connectivity index (χ4v) is 1.99. The standard InChI is InChI=1S/C11H22N2O2/c1-4-6-13(3)11(14)9-7-15-8-10(9)12-5-2/h9-10,12H,4-8H2,1-3H3. The van der Waals surface area contributed by atoms with Gasteiger partial charge in [0.25, 0.3) is 0 Å². The van der Waals surface area contributed by atoms with Gasteiger partial charge in [-0.2, -0.15) is 0 Å². The van der Waals surface area contributed by atoms with Crippen LogP contribution in [0.2, 0.25) is 0 Å². The van der Waals surface area contributed by atoms with Gasteiger partial charge >= 0.3 is 0 Å². The van der Waals surface area contributed by atoms with Crippen molar-refractivity contribution in [2.45, 2.75) is 26.3 Å². The van der Waals surface area contributed by atoms with Gasteiger partial charge in [0.1, 0.15) is 0 Å². The molecule has 1 fully saturated rings. The van der Waals surface area contributed by atoms with E-state index in [4.69, 9.17) is 4.74 Å². The summed E-state index contributed by atoms with van der Waals surface area (Å²) in [6.07, 6.45) is 1.00. The first kappa shape index (κ1) is 12.5. The number of nitrogens with one attached hydrogen (secondary N) is 1. The van der Waals surface area contributed by atoms with Crippen LogP contribution in [0.1, 0.15) is 20.3 Å². The number of rotatable bonds is 5. The van der Waals surface area contributed by atoms with Crippen LogP contribution in [0.25, 0.3) is 0 Å². The molecule has 0 aliphatic carbocycles. The third-order valence-corrected chi connectivity index (χ3v) is 2.80. The molecule has 88 valence electrons. The number of ether oxygens (including phenoxy) is 1. The maximum Gasteiger partial charge on any atom is 0.229 e. The highest BCUT2D eigenvalue weighted by atomic mass is 16.5. The molecule has 1 N–H and O–H groups in total. The SMILES string of the molecule is CCCN(C)C(=O)C1COCC1NCC. The Bertz CT molecular complexity index is 209. The number of carbonyl (C=O) groups excluding carboxylic acids is 1. The van der Waals surface area contributed by atoms with Gasteiger partial charge in [-0.15, -0.1) is 0 Å². The minimum Gasteiger partial charge on any atom is -0.379 e. The Hall–Kier alpha value is -0.610. The minimum atomic E-state index is 0.00139. The summed E-state index contributed by atoms with van der Waals surface area (Å²) in [5, 5.41) is 3.30. The number of likely N-dealkylation sites (N-methyl/N-ethyl adjacent to an activating group) is 1. The second kappa shape index (κ2) is 6.08. The van der Waals surface area contributed by atoms with E-state index in [0.29, 0.717) is 13.2 Å². The van der Waals surface area contributed by atoms with Crippen LogP contribution < -0.4 is 5.32 Å². The summed E-state index contributed by atoms with van der Waals surface area (Å²) >= 11 is 0. The van der Waals surface area contributed by atoms with Crippen molar-refractivity contribution >= 4 is 5.91 Å². The molecule has 1 aliphatic heterocycles. The predicted molar refractivity (Wildman–Crippen MR) is 59.7 cm³/mol. The summed E-state index contributed by atoms with van der Waals surface area (Å²) in [6, 6.07) is 0.196. The Morgan fingerprint density at radius 3 is 2.80 bits per heavy atom. The van der Waals surface area contributed by atoms with E-state index in [-0.39, 0.29) is 17.9 Å². The topological polar surface area (TPSA) is 41.6 Å². The molecule has 1 amide bonds. The number of carbonyl (C=O) groups is 1. The lowest BCUT2D eigenvalue weighted by atomic mass is 10.0. The summed E-state index contributed by atoms with van der Waals surface area (Å²) in [5.41, 5.74) is 0. The quantitative estimate of drug-likeness (QED) is 0.724. The molecule has 15 heavy (non-hydrogen) atoms. The lowest BCUT2D eigenvalue weighted by Crippen LogP contribution is -2.44. The highest BCUT2D eigenvalue weighted by Crippen LogP contribution is 2.16. The molecule has 0 aromatic carbocycles. The van der Waals surface area contributed by atoms with Crippen LogP contribution in [0.4, 0.5) is 0 Å². The Kier molecular flexibility index (Phi) is 5.05. The van der Waals surface area contributed by atoms with Gasteiger partial charge < -0.3 is 15.0 Å². The van der Waals surface area contributed by atoms with Crippen molar-refractivity contribution in [2.24, 2.45) is 5.92 Å².